The number of hydrogen-bond donors (Lipinski definition) is 0. The smallest absolute Gasteiger partial charge is 0.190 e. The number of Topliss-reactive ketones (excluding diaryl/α,β-unsaturated/α-hetero) is 1. The van der Waals surface area contributed by atoms with E-state index in [-0.39, 0.29) is 18.1 Å². The van der Waals surface area contributed by atoms with Crippen LogP contribution in [0.3, 0.4) is 0 Å². The Morgan fingerprint density at radius 2 is 2.21 bits per heavy atom. The molecule has 1 aromatic carbocycles. The van der Waals surface area contributed by atoms with E-state index < -0.39 is 5.82 Å². The lowest BCUT2D eigenvalue weighted by Gasteiger charge is -2.09. The first-order valence-electron chi connectivity index (χ1n) is 6.25. The van der Waals surface area contributed by atoms with Gasteiger partial charge in [0.2, 0.25) is 0 Å². The highest BCUT2D eigenvalue weighted by Gasteiger charge is 2.23. The van der Waals surface area contributed by atoms with Crippen LogP contribution in [0.15, 0.2) is 30.4 Å². The number of benzene rings is 1. The molecule has 0 bridgehead atoms. The average molecular weight is 264 g/mol. The SMILES string of the molecule is C=C(COC)C(=O)c1ccc(F)c(OCC2CC2)c1. The molecule has 0 saturated heterocycles. The molecule has 0 N–H and O–H groups in total. The monoisotopic (exact) mass is 264 g/mol. The van der Waals surface area contributed by atoms with Crippen LogP contribution < -0.4 is 4.74 Å². The molecule has 1 saturated carbocycles. The Labute approximate surface area is 112 Å². The zero-order valence-corrected chi connectivity index (χ0v) is 10.9. The molecule has 1 fully saturated rings. The van der Waals surface area contributed by atoms with Gasteiger partial charge in [0.25, 0.3) is 0 Å². The minimum Gasteiger partial charge on any atom is -0.490 e. The van der Waals surface area contributed by atoms with Crippen LogP contribution in [-0.4, -0.2) is 26.1 Å². The van der Waals surface area contributed by atoms with Gasteiger partial charge in [0.1, 0.15) is 0 Å². The van der Waals surface area contributed by atoms with Crippen molar-refractivity contribution in [2.45, 2.75) is 12.8 Å². The second-order valence-corrected chi connectivity index (χ2v) is 4.77. The molecule has 0 heterocycles. The zero-order valence-electron chi connectivity index (χ0n) is 10.9. The number of ketones is 1. The van der Waals surface area contributed by atoms with Crippen LogP contribution in [0, 0.1) is 11.7 Å². The summed E-state index contributed by atoms with van der Waals surface area (Å²) in [4.78, 5) is 12.0. The van der Waals surface area contributed by atoms with Gasteiger partial charge in [0, 0.05) is 18.2 Å². The van der Waals surface area contributed by atoms with Crippen molar-refractivity contribution in [3.05, 3.63) is 41.7 Å². The largest absolute Gasteiger partial charge is 0.490 e. The van der Waals surface area contributed by atoms with E-state index in [9.17, 15) is 9.18 Å². The minimum atomic E-state index is -0.449. The highest BCUT2D eigenvalue weighted by molar-refractivity contribution is 6.08. The number of carbonyl (C=O) groups excluding carboxylic acids is 1. The lowest BCUT2D eigenvalue weighted by atomic mass is 10.0. The third-order valence-corrected chi connectivity index (χ3v) is 3.00. The molecule has 0 atom stereocenters. The molecule has 19 heavy (non-hydrogen) atoms. The van der Waals surface area contributed by atoms with E-state index in [4.69, 9.17) is 9.47 Å². The molecule has 0 amide bonds. The van der Waals surface area contributed by atoms with Crippen molar-refractivity contribution in [1.29, 1.82) is 0 Å². The van der Waals surface area contributed by atoms with Gasteiger partial charge >= 0.3 is 0 Å². The van der Waals surface area contributed by atoms with Gasteiger partial charge in [-0.2, -0.15) is 0 Å². The van der Waals surface area contributed by atoms with E-state index in [0.717, 1.165) is 12.8 Å². The predicted molar refractivity (Wildman–Crippen MR) is 70.0 cm³/mol. The molecule has 4 heteroatoms. The van der Waals surface area contributed by atoms with Crippen LogP contribution in [0.5, 0.6) is 5.75 Å². The van der Waals surface area contributed by atoms with Crippen molar-refractivity contribution in [2.75, 3.05) is 20.3 Å². The molecule has 1 aromatic rings. The number of ether oxygens (including phenoxy) is 2. The number of carbonyl (C=O) groups is 1. The second-order valence-electron chi connectivity index (χ2n) is 4.77. The summed E-state index contributed by atoms with van der Waals surface area (Å²) in [6.45, 7) is 4.32. The Balaban J connectivity index is 2.09. The molecular formula is C15H17FO3. The maximum Gasteiger partial charge on any atom is 0.190 e. The maximum absolute atomic E-state index is 13.6. The summed E-state index contributed by atoms with van der Waals surface area (Å²) >= 11 is 0. The van der Waals surface area contributed by atoms with Gasteiger partial charge in [0.15, 0.2) is 17.3 Å². The molecular weight excluding hydrogens is 247 g/mol. The van der Waals surface area contributed by atoms with E-state index in [1.807, 2.05) is 0 Å². The fourth-order valence-corrected chi connectivity index (χ4v) is 1.69. The molecule has 1 aliphatic carbocycles. The fraction of sp³-hybridized carbons (Fsp3) is 0.400. The Morgan fingerprint density at radius 1 is 1.47 bits per heavy atom. The van der Waals surface area contributed by atoms with Gasteiger partial charge in [-0.3, -0.25) is 4.79 Å². The van der Waals surface area contributed by atoms with Gasteiger partial charge in [-0.15, -0.1) is 0 Å². The third-order valence-electron chi connectivity index (χ3n) is 3.00. The number of hydrogen-bond acceptors (Lipinski definition) is 3. The summed E-state index contributed by atoms with van der Waals surface area (Å²) in [7, 11) is 1.49. The molecule has 102 valence electrons. The van der Waals surface area contributed by atoms with E-state index in [0.29, 0.717) is 23.7 Å². The molecule has 0 unspecified atom stereocenters. The molecule has 2 rings (SSSR count). The van der Waals surface area contributed by atoms with Gasteiger partial charge in [0.05, 0.1) is 13.2 Å². The van der Waals surface area contributed by atoms with E-state index in [1.54, 1.807) is 0 Å². The first kappa shape index (κ1) is 13.7. The van der Waals surface area contributed by atoms with Crippen molar-refractivity contribution >= 4 is 5.78 Å². The quantitative estimate of drug-likeness (QED) is 0.561. The predicted octanol–water partition coefficient (Wildman–Crippen LogP) is 3.00. The van der Waals surface area contributed by atoms with Crippen molar-refractivity contribution < 1.29 is 18.7 Å². The highest BCUT2D eigenvalue weighted by Crippen LogP contribution is 2.30. The first-order chi connectivity index (χ1) is 9.11. The highest BCUT2D eigenvalue weighted by atomic mass is 19.1. The maximum atomic E-state index is 13.6. The average Bonchev–Trinajstić information content (AvgIpc) is 3.21. The Hall–Kier alpha value is -1.68. The first-order valence-corrected chi connectivity index (χ1v) is 6.25. The molecule has 3 nitrogen and oxygen atoms in total. The summed E-state index contributed by atoms with van der Waals surface area (Å²) in [5.41, 5.74) is 0.705. The second kappa shape index (κ2) is 5.97. The molecule has 0 aliphatic heterocycles. The standard InChI is InChI=1S/C15H17FO3/c1-10(8-18-2)15(17)12-5-6-13(16)14(7-12)19-9-11-3-4-11/h5-7,11H,1,3-4,8-9H2,2H3. The summed E-state index contributed by atoms with van der Waals surface area (Å²) in [5.74, 6) is -0.0437. The van der Waals surface area contributed by atoms with Crippen molar-refractivity contribution in [3.63, 3.8) is 0 Å². The minimum absolute atomic E-state index is 0.128. The van der Waals surface area contributed by atoms with E-state index in [2.05, 4.69) is 6.58 Å². The van der Waals surface area contributed by atoms with Gasteiger partial charge in [-0.1, -0.05) is 6.58 Å². The Kier molecular flexibility index (Phi) is 4.32. The Morgan fingerprint density at radius 3 is 2.84 bits per heavy atom. The van der Waals surface area contributed by atoms with Crippen molar-refractivity contribution in [1.82, 2.24) is 0 Å². The van der Waals surface area contributed by atoms with Crippen molar-refractivity contribution in [2.24, 2.45) is 5.92 Å². The van der Waals surface area contributed by atoms with Gasteiger partial charge in [-0.25, -0.2) is 4.39 Å². The molecule has 0 radical (unpaired) electrons. The topological polar surface area (TPSA) is 35.5 Å². The summed E-state index contributed by atoms with van der Waals surface area (Å²) in [5, 5.41) is 0. The summed E-state index contributed by atoms with van der Waals surface area (Å²) in [6, 6.07) is 4.11. The van der Waals surface area contributed by atoms with Crippen LogP contribution in [0.4, 0.5) is 4.39 Å². The van der Waals surface area contributed by atoms with Crippen LogP contribution in [0.2, 0.25) is 0 Å². The van der Waals surface area contributed by atoms with Crippen LogP contribution >= 0.6 is 0 Å². The number of halogens is 1. The van der Waals surface area contributed by atoms with E-state index >= 15 is 0 Å². The van der Waals surface area contributed by atoms with Crippen molar-refractivity contribution in [3.8, 4) is 5.75 Å². The van der Waals surface area contributed by atoms with Crippen LogP contribution in [0.1, 0.15) is 23.2 Å². The zero-order chi connectivity index (χ0) is 13.8. The van der Waals surface area contributed by atoms with Crippen LogP contribution in [0.25, 0.3) is 0 Å². The molecule has 1 aliphatic rings. The molecule has 0 aromatic heterocycles. The lowest BCUT2D eigenvalue weighted by molar-refractivity contribution is 0.101. The third kappa shape index (κ3) is 3.64. The summed E-state index contributed by atoms with van der Waals surface area (Å²) in [6.07, 6.45) is 2.26. The summed E-state index contributed by atoms with van der Waals surface area (Å²) < 4.78 is 23.8. The Bertz CT molecular complexity index is 492. The lowest BCUT2D eigenvalue weighted by Crippen LogP contribution is -2.08. The van der Waals surface area contributed by atoms with E-state index in [1.165, 1.54) is 25.3 Å². The molecule has 0 spiro atoms. The van der Waals surface area contributed by atoms with Gasteiger partial charge in [-0.05, 0) is 37.0 Å². The van der Waals surface area contributed by atoms with Gasteiger partial charge < -0.3 is 9.47 Å². The fourth-order valence-electron chi connectivity index (χ4n) is 1.69. The number of rotatable bonds is 7. The van der Waals surface area contributed by atoms with Crippen LogP contribution in [-0.2, 0) is 4.74 Å². The normalized spacial score (nSPS) is 14.2. The number of methoxy groups -OCH3 is 1.